The molecule has 31 heavy (non-hydrogen) atoms. The summed E-state index contributed by atoms with van der Waals surface area (Å²) < 4.78 is 7.59. The number of nitriles is 1. The van der Waals surface area contributed by atoms with Gasteiger partial charge in [-0.25, -0.2) is 9.97 Å². The summed E-state index contributed by atoms with van der Waals surface area (Å²) in [5, 5.41) is 10.2. The maximum atomic E-state index is 9.22. The van der Waals surface area contributed by atoms with Gasteiger partial charge in [0.1, 0.15) is 17.5 Å². The first-order valence-corrected chi connectivity index (χ1v) is 11.2. The highest BCUT2D eigenvalue weighted by Gasteiger charge is 2.22. The second-order valence-electron chi connectivity index (χ2n) is 8.88. The molecule has 1 fully saturated rings. The largest absolute Gasteiger partial charge is 0.497 e. The van der Waals surface area contributed by atoms with Gasteiger partial charge in [0.15, 0.2) is 0 Å². The molecule has 1 saturated heterocycles. The van der Waals surface area contributed by atoms with Gasteiger partial charge in [-0.2, -0.15) is 5.26 Å². The van der Waals surface area contributed by atoms with Crippen LogP contribution in [0.5, 0.6) is 5.75 Å². The summed E-state index contributed by atoms with van der Waals surface area (Å²) >= 11 is 0. The molecule has 0 radical (unpaired) electrons. The number of piperidine rings is 1. The van der Waals surface area contributed by atoms with Crippen LogP contribution in [0.4, 0.5) is 0 Å². The summed E-state index contributed by atoms with van der Waals surface area (Å²) in [5.74, 6) is 2.38. The number of likely N-dealkylation sites (tertiary alicyclic amines) is 1. The zero-order chi connectivity index (χ0) is 21.8. The highest BCUT2D eigenvalue weighted by atomic mass is 16.5. The topological polar surface area (TPSA) is 67.0 Å². The fourth-order valence-electron chi connectivity index (χ4n) is 4.44. The summed E-state index contributed by atoms with van der Waals surface area (Å²) in [4.78, 5) is 11.2. The van der Waals surface area contributed by atoms with E-state index in [0.717, 1.165) is 62.2 Å². The van der Waals surface area contributed by atoms with Crippen molar-refractivity contribution >= 4 is 11.0 Å². The van der Waals surface area contributed by atoms with Crippen LogP contribution in [0, 0.1) is 17.2 Å². The number of nitrogens with zero attached hydrogens (tertiary/aromatic N) is 5. The minimum absolute atomic E-state index is 0.239. The molecule has 0 saturated carbocycles. The van der Waals surface area contributed by atoms with Crippen LogP contribution in [0.25, 0.3) is 11.0 Å². The third kappa shape index (κ3) is 4.88. The molecule has 6 nitrogen and oxygen atoms in total. The number of aromatic nitrogens is 3. The summed E-state index contributed by atoms with van der Waals surface area (Å²) in [7, 11) is 1.71. The minimum atomic E-state index is 0.239. The lowest BCUT2D eigenvalue weighted by Gasteiger charge is -2.32. The summed E-state index contributed by atoms with van der Waals surface area (Å²) in [6.07, 6.45) is 5.20. The molecule has 1 aromatic carbocycles. The lowest BCUT2D eigenvalue weighted by Crippen LogP contribution is -2.33. The number of fused-ring (bicyclic) bond motifs is 1. The van der Waals surface area contributed by atoms with E-state index in [1.54, 1.807) is 13.3 Å². The average molecular weight is 418 g/mol. The SMILES string of the molecule is COc1ccc(C2CCN(Cc3cc4cnc(C#N)nc4n3CCC(C)C)CC2)cc1. The Morgan fingerprint density at radius 2 is 1.94 bits per heavy atom. The third-order valence-corrected chi connectivity index (χ3v) is 6.31. The van der Waals surface area contributed by atoms with E-state index in [1.165, 1.54) is 11.3 Å². The van der Waals surface area contributed by atoms with E-state index in [4.69, 9.17) is 4.74 Å². The maximum Gasteiger partial charge on any atom is 0.234 e. The minimum Gasteiger partial charge on any atom is -0.497 e. The summed E-state index contributed by atoms with van der Waals surface area (Å²) in [6.45, 7) is 8.47. The Hall–Kier alpha value is -2.91. The van der Waals surface area contributed by atoms with E-state index in [-0.39, 0.29) is 5.82 Å². The van der Waals surface area contributed by atoms with E-state index in [1.807, 2.05) is 0 Å². The van der Waals surface area contributed by atoms with E-state index in [9.17, 15) is 5.26 Å². The van der Waals surface area contributed by atoms with Crippen molar-refractivity contribution in [3.63, 3.8) is 0 Å². The summed E-state index contributed by atoms with van der Waals surface area (Å²) in [6, 6.07) is 12.8. The first-order valence-electron chi connectivity index (χ1n) is 11.2. The number of hydrogen-bond acceptors (Lipinski definition) is 5. The first kappa shape index (κ1) is 21.3. The Balaban J connectivity index is 1.48. The predicted molar refractivity (Wildman–Crippen MR) is 122 cm³/mol. The van der Waals surface area contributed by atoms with Gasteiger partial charge in [-0.15, -0.1) is 0 Å². The molecule has 162 valence electrons. The lowest BCUT2D eigenvalue weighted by molar-refractivity contribution is 0.200. The van der Waals surface area contributed by atoms with Crippen molar-refractivity contribution in [3.05, 3.63) is 53.6 Å². The van der Waals surface area contributed by atoms with Gasteiger partial charge < -0.3 is 9.30 Å². The van der Waals surface area contributed by atoms with Gasteiger partial charge in [0.05, 0.1) is 7.11 Å². The number of hydrogen-bond donors (Lipinski definition) is 0. The zero-order valence-corrected chi connectivity index (χ0v) is 18.7. The van der Waals surface area contributed by atoms with E-state index >= 15 is 0 Å². The Morgan fingerprint density at radius 1 is 1.19 bits per heavy atom. The lowest BCUT2D eigenvalue weighted by atomic mass is 9.89. The molecule has 0 unspecified atom stereocenters. The van der Waals surface area contributed by atoms with Gasteiger partial charge in [-0.1, -0.05) is 26.0 Å². The molecule has 0 aliphatic carbocycles. The predicted octanol–water partition coefficient (Wildman–Crippen LogP) is 4.74. The van der Waals surface area contributed by atoms with Crippen LogP contribution in [0.3, 0.4) is 0 Å². The molecule has 0 N–H and O–H groups in total. The van der Waals surface area contributed by atoms with E-state index < -0.39 is 0 Å². The molecule has 4 rings (SSSR count). The fraction of sp³-hybridized carbons (Fsp3) is 0.480. The zero-order valence-electron chi connectivity index (χ0n) is 18.7. The second-order valence-corrected chi connectivity index (χ2v) is 8.88. The highest BCUT2D eigenvalue weighted by molar-refractivity contribution is 5.76. The molecular formula is C25H31N5O. The van der Waals surface area contributed by atoms with Crippen LogP contribution in [0.2, 0.25) is 0 Å². The van der Waals surface area contributed by atoms with Crippen molar-refractivity contribution in [2.45, 2.75) is 52.1 Å². The molecule has 1 aliphatic rings. The summed E-state index contributed by atoms with van der Waals surface area (Å²) in [5.41, 5.74) is 3.56. The van der Waals surface area contributed by atoms with Crippen LogP contribution < -0.4 is 4.74 Å². The molecular weight excluding hydrogens is 386 g/mol. The number of aryl methyl sites for hydroxylation is 1. The molecule has 6 heteroatoms. The van der Waals surface area contributed by atoms with Crippen LogP contribution >= 0.6 is 0 Å². The van der Waals surface area contributed by atoms with Crippen molar-refractivity contribution in [1.29, 1.82) is 5.26 Å². The van der Waals surface area contributed by atoms with Crippen molar-refractivity contribution in [3.8, 4) is 11.8 Å². The van der Waals surface area contributed by atoms with Gasteiger partial charge in [-0.3, -0.25) is 4.90 Å². The highest BCUT2D eigenvalue weighted by Crippen LogP contribution is 2.30. The molecule has 0 atom stereocenters. The van der Waals surface area contributed by atoms with E-state index in [2.05, 4.69) is 69.7 Å². The van der Waals surface area contributed by atoms with Crippen molar-refractivity contribution in [2.24, 2.45) is 5.92 Å². The fourth-order valence-corrected chi connectivity index (χ4v) is 4.44. The number of ether oxygens (including phenoxy) is 1. The molecule has 0 amide bonds. The Kier molecular flexibility index (Phi) is 6.53. The van der Waals surface area contributed by atoms with Gasteiger partial charge in [0.25, 0.3) is 0 Å². The molecule has 3 aromatic rings. The van der Waals surface area contributed by atoms with Crippen molar-refractivity contribution < 1.29 is 4.74 Å². The molecule has 3 heterocycles. The third-order valence-electron chi connectivity index (χ3n) is 6.31. The number of methoxy groups -OCH3 is 1. The average Bonchev–Trinajstić information content (AvgIpc) is 3.14. The van der Waals surface area contributed by atoms with Gasteiger partial charge in [-0.05, 0) is 68.0 Å². The maximum absolute atomic E-state index is 9.22. The second kappa shape index (κ2) is 9.49. The molecule has 0 bridgehead atoms. The monoisotopic (exact) mass is 417 g/mol. The first-order chi connectivity index (χ1) is 15.1. The number of benzene rings is 1. The molecule has 2 aromatic heterocycles. The van der Waals surface area contributed by atoms with E-state index in [0.29, 0.717) is 11.8 Å². The Labute approximate surface area is 184 Å². The van der Waals surface area contributed by atoms with Crippen LogP contribution in [0.1, 0.15) is 56.1 Å². The Morgan fingerprint density at radius 3 is 2.58 bits per heavy atom. The van der Waals surface area contributed by atoms with Gasteiger partial charge >= 0.3 is 0 Å². The molecule has 0 spiro atoms. The Bertz CT molecular complexity index is 1060. The van der Waals surface area contributed by atoms with Crippen LogP contribution in [-0.2, 0) is 13.1 Å². The van der Waals surface area contributed by atoms with Crippen molar-refractivity contribution in [2.75, 3.05) is 20.2 Å². The molecule has 1 aliphatic heterocycles. The van der Waals surface area contributed by atoms with Crippen molar-refractivity contribution in [1.82, 2.24) is 19.4 Å². The standard InChI is InChI=1S/C25H31N5O/c1-18(2)8-13-30-22(14-21-16-27-24(15-26)28-25(21)30)17-29-11-9-20(10-12-29)19-4-6-23(31-3)7-5-19/h4-7,14,16,18,20H,8-13,17H2,1-3H3. The normalized spacial score (nSPS) is 15.5. The van der Waals surface area contributed by atoms with Crippen LogP contribution in [-0.4, -0.2) is 39.6 Å². The van der Waals surface area contributed by atoms with Gasteiger partial charge in [0.2, 0.25) is 5.82 Å². The van der Waals surface area contributed by atoms with Crippen LogP contribution in [0.15, 0.2) is 36.5 Å². The number of rotatable bonds is 7. The smallest absolute Gasteiger partial charge is 0.234 e. The quantitative estimate of drug-likeness (QED) is 0.556. The van der Waals surface area contributed by atoms with Gasteiger partial charge in [0, 0.05) is 30.4 Å².